The lowest BCUT2D eigenvalue weighted by Gasteiger charge is -2.34. The number of carbonyl (C=O) groups is 2. The molecule has 32 heavy (non-hydrogen) atoms. The Morgan fingerprint density at radius 3 is 2.22 bits per heavy atom. The molecule has 3 rings (SSSR count). The van der Waals surface area contributed by atoms with Gasteiger partial charge in [-0.05, 0) is 68.3 Å². The summed E-state index contributed by atoms with van der Waals surface area (Å²) in [5.74, 6) is 0.0724. The van der Waals surface area contributed by atoms with Gasteiger partial charge in [-0.25, -0.2) is 8.42 Å². The van der Waals surface area contributed by atoms with Gasteiger partial charge in [-0.15, -0.1) is 0 Å². The first kappa shape index (κ1) is 23.7. The largest absolute Gasteiger partial charge is 0.494 e. The van der Waals surface area contributed by atoms with E-state index in [4.69, 9.17) is 4.74 Å². The van der Waals surface area contributed by atoms with Crippen molar-refractivity contribution in [1.29, 1.82) is 0 Å². The predicted octanol–water partition coefficient (Wildman–Crippen LogP) is 1.97. The zero-order valence-corrected chi connectivity index (χ0v) is 19.4. The fraction of sp³-hybridized carbons (Fsp3) is 0.391. The Morgan fingerprint density at radius 2 is 1.62 bits per heavy atom. The average Bonchev–Trinajstić information content (AvgIpc) is 2.79. The summed E-state index contributed by atoms with van der Waals surface area (Å²) in [6, 6.07) is 11.7. The summed E-state index contributed by atoms with van der Waals surface area (Å²) in [4.78, 5) is 26.6. The third kappa shape index (κ3) is 5.46. The van der Waals surface area contributed by atoms with Gasteiger partial charge in [0, 0.05) is 31.7 Å². The molecule has 8 nitrogen and oxygen atoms in total. The van der Waals surface area contributed by atoms with Gasteiger partial charge in [0.1, 0.15) is 5.75 Å². The molecule has 0 aliphatic carbocycles. The lowest BCUT2D eigenvalue weighted by molar-refractivity contribution is -0.131. The van der Waals surface area contributed by atoms with Crippen molar-refractivity contribution in [1.82, 2.24) is 14.5 Å². The van der Waals surface area contributed by atoms with Gasteiger partial charge in [-0.1, -0.05) is 6.07 Å². The minimum Gasteiger partial charge on any atom is -0.494 e. The molecule has 0 bridgehead atoms. The molecule has 2 amide bonds. The Morgan fingerprint density at radius 1 is 0.969 bits per heavy atom. The zero-order chi connectivity index (χ0) is 23.3. The normalized spacial score (nSPS) is 14.8. The van der Waals surface area contributed by atoms with E-state index in [2.05, 4.69) is 5.32 Å². The second-order valence-corrected chi connectivity index (χ2v) is 9.61. The number of nitrogens with zero attached hydrogens (tertiary/aromatic N) is 2. The van der Waals surface area contributed by atoms with Crippen molar-refractivity contribution in [3.8, 4) is 5.75 Å². The maximum absolute atomic E-state index is 12.9. The van der Waals surface area contributed by atoms with Crippen molar-refractivity contribution in [2.45, 2.75) is 25.7 Å². The molecule has 0 aromatic heterocycles. The number of nitrogens with one attached hydrogen (secondary N) is 1. The second kappa shape index (κ2) is 10.1. The number of hydrogen-bond donors (Lipinski definition) is 1. The lowest BCUT2D eigenvalue weighted by Crippen LogP contribution is -2.52. The number of piperazine rings is 1. The standard InChI is InChI=1S/C23H29N3O5S/c1-4-31-20-7-9-21(10-8-20)32(29,30)26-13-11-25(12-14-26)22(27)16-24-23(28)19-6-5-17(2)18(3)15-19/h5-10,15H,4,11-14,16H2,1-3H3,(H,24,28). The summed E-state index contributed by atoms with van der Waals surface area (Å²) >= 11 is 0. The number of carbonyl (C=O) groups excluding carboxylic acids is 2. The van der Waals surface area contributed by atoms with E-state index in [0.29, 0.717) is 17.9 Å². The Kier molecular flexibility index (Phi) is 7.52. The van der Waals surface area contributed by atoms with E-state index >= 15 is 0 Å². The van der Waals surface area contributed by atoms with Crippen LogP contribution in [0.25, 0.3) is 0 Å². The molecule has 0 radical (unpaired) electrons. The van der Waals surface area contributed by atoms with E-state index < -0.39 is 10.0 Å². The van der Waals surface area contributed by atoms with Gasteiger partial charge < -0.3 is 15.0 Å². The van der Waals surface area contributed by atoms with Crippen LogP contribution in [0.1, 0.15) is 28.4 Å². The molecule has 172 valence electrons. The summed E-state index contributed by atoms with van der Waals surface area (Å²) in [5.41, 5.74) is 2.61. The fourth-order valence-corrected chi connectivity index (χ4v) is 4.88. The third-order valence-electron chi connectivity index (χ3n) is 5.53. The van der Waals surface area contributed by atoms with Crippen LogP contribution in [-0.2, 0) is 14.8 Å². The maximum Gasteiger partial charge on any atom is 0.251 e. The maximum atomic E-state index is 12.9. The van der Waals surface area contributed by atoms with E-state index in [0.717, 1.165) is 11.1 Å². The molecule has 2 aromatic carbocycles. The Hall–Kier alpha value is -2.91. The molecule has 1 N–H and O–H groups in total. The third-order valence-corrected chi connectivity index (χ3v) is 7.45. The van der Waals surface area contributed by atoms with Crippen LogP contribution in [0, 0.1) is 13.8 Å². The summed E-state index contributed by atoms with van der Waals surface area (Å²) in [6.45, 7) is 7.08. The fourth-order valence-electron chi connectivity index (χ4n) is 3.45. The number of rotatable bonds is 7. The molecule has 1 aliphatic heterocycles. The Bertz CT molecular complexity index is 1080. The van der Waals surface area contributed by atoms with Gasteiger partial charge in [-0.3, -0.25) is 9.59 Å². The van der Waals surface area contributed by atoms with E-state index in [-0.39, 0.29) is 49.4 Å². The lowest BCUT2D eigenvalue weighted by atomic mass is 10.1. The van der Waals surface area contributed by atoms with Crippen molar-refractivity contribution in [3.63, 3.8) is 0 Å². The minimum absolute atomic E-state index is 0.128. The molecule has 1 heterocycles. The van der Waals surface area contributed by atoms with Crippen LogP contribution < -0.4 is 10.1 Å². The van der Waals surface area contributed by atoms with Gasteiger partial charge in [0.2, 0.25) is 15.9 Å². The molecule has 1 aliphatic rings. The van der Waals surface area contributed by atoms with E-state index in [1.807, 2.05) is 26.8 Å². The van der Waals surface area contributed by atoms with Gasteiger partial charge in [0.15, 0.2) is 0 Å². The number of benzene rings is 2. The summed E-state index contributed by atoms with van der Waals surface area (Å²) in [6.07, 6.45) is 0. The van der Waals surface area contributed by atoms with Crippen LogP contribution in [-0.4, -0.2) is 68.8 Å². The van der Waals surface area contributed by atoms with Crippen LogP contribution in [0.15, 0.2) is 47.4 Å². The monoisotopic (exact) mass is 459 g/mol. The number of hydrogen-bond acceptors (Lipinski definition) is 5. The molecule has 2 aromatic rings. The number of amides is 2. The smallest absolute Gasteiger partial charge is 0.251 e. The van der Waals surface area contributed by atoms with Gasteiger partial charge >= 0.3 is 0 Å². The highest BCUT2D eigenvalue weighted by atomic mass is 32.2. The van der Waals surface area contributed by atoms with Crippen LogP contribution in [0.2, 0.25) is 0 Å². The average molecular weight is 460 g/mol. The van der Waals surface area contributed by atoms with Crippen LogP contribution in [0.3, 0.4) is 0 Å². The van der Waals surface area contributed by atoms with Crippen molar-refractivity contribution in [2.24, 2.45) is 0 Å². The molecule has 0 spiro atoms. The van der Waals surface area contributed by atoms with Crippen LogP contribution in [0.4, 0.5) is 0 Å². The van der Waals surface area contributed by atoms with E-state index in [9.17, 15) is 18.0 Å². The SMILES string of the molecule is CCOc1ccc(S(=O)(=O)N2CCN(C(=O)CNC(=O)c3ccc(C)c(C)c3)CC2)cc1. The molecule has 9 heteroatoms. The quantitative estimate of drug-likeness (QED) is 0.683. The number of sulfonamides is 1. The highest BCUT2D eigenvalue weighted by Gasteiger charge is 2.30. The molecule has 1 saturated heterocycles. The first-order valence-electron chi connectivity index (χ1n) is 10.6. The Labute approximate surface area is 189 Å². The van der Waals surface area contributed by atoms with Crippen molar-refractivity contribution >= 4 is 21.8 Å². The highest BCUT2D eigenvalue weighted by Crippen LogP contribution is 2.21. The molecule has 0 atom stereocenters. The first-order valence-corrected chi connectivity index (χ1v) is 12.0. The van der Waals surface area contributed by atoms with Crippen LogP contribution in [0.5, 0.6) is 5.75 Å². The highest BCUT2D eigenvalue weighted by molar-refractivity contribution is 7.89. The van der Waals surface area contributed by atoms with Crippen LogP contribution >= 0.6 is 0 Å². The zero-order valence-electron chi connectivity index (χ0n) is 18.6. The topological polar surface area (TPSA) is 96.0 Å². The number of ether oxygens (including phenoxy) is 1. The van der Waals surface area contributed by atoms with Crippen molar-refractivity contribution in [3.05, 3.63) is 59.2 Å². The first-order chi connectivity index (χ1) is 15.2. The van der Waals surface area contributed by atoms with Crippen molar-refractivity contribution in [2.75, 3.05) is 39.3 Å². The molecular formula is C23H29N3O5S. The molecule has 0 unspecified atom stereocenters. The summed E-state index contributed by atoms with van der Waals surface area (Å²) in [5, 5.41) is 2.65. The van der Waals surface area contributed by atoms with E-state index in [1.54, 1.807) is 29.2 Å². The number of aryl methyl sites for hydroxylation is 2. The molecular weight excluding hydrogens is 430 g/mol. The Balaban J connectivity index is 1.52. The van der Waals surface area contributed by atoms with Gasteiger partial charge in [0.05, 0.1) is 18.0 Å². The summed E-state index contributed by atoms with van der Waals surface area (Å²) in [7, 11) is -3.64. The molecule has 1 fully saturated rings. The van der Waals surface area contributed by atoms with Gasteiger partial charge in [-0.2, -0.15) is 4.31 Å². The minimum atomic E-state index is -3.64. The predicted molar refractivity (Wildman–Crippen MR) is 121 cm³/mol. The molecule has 0 saturated carbocycles. The summed E-state index contributed by atoms with van der Waals surface area (Å²) < 4.78 is 32.5. The van der Waals surface area contributed by atoms with E-state index in [1.165, 1.54) is 16.4 Å². The van der Waals surface area contributed by atoms with Crippen molar-refractivity contribution < 1.29 is 22.7 Å². The van der Waals surface area contributed by atoms with Gasteiger partial charge in [0.25, 0.3) is 5.91 Å². The second-order valence-electron chi connectivity index (χ2n) is 7.67.